The van der Waals surface area contributed by atoms with Crippen molar-refractivity contribution < 1.29 is 9.47 Å². The molecule has 4 atom stereocenters. The summed E-state index contributed by atoms with van der Waals surface area (Å²) in [6, 6.07) is 41.5. The molecular formula is C28H24O2. The average Bonchev–Trinajstić information content (AvgIpc) is 3.76. The van der Waals surface area contributed by atoms with Crippen molar-refractivity contribution in [1.82, 2.24) is 0 Å². The molecule has 0 spiro atoms. The summed E-state index contributed by atoms with van der Waals surface area (Å²) in [5.41, 5.74) is 5.08. The van der Waals surface area contributed by atoms with Crippen LogP contribution in [0.2, 0.25) is 0 Å². The third-order valence-electron chi connectivity index (χ3n) is 5.50. The van der Waals surface area contributed by atoms with Gasteiger partial charge in [0.05, 0.1) is 0 Å². The van der Waals surface area contributed by atoms with Crippen LogP contribution in [0.25, 0.3) is 0 Å². The molecule has 0 radical (unpaired) electrons. The van der Waals surface area contributed by atoms with E-state index in [1.807, 2.05) is 24.3 Å². The van der Waals surface area contributed by atoms with Crippen molar-refractivity contribution in [2.75, 3.05) is 0 Å². The van der Waals surface area contributed by atoms with Crippen molar-refractivity contribution in [1.29, 1.82) is 0 Å². The van der Waals surface area contributed by atoms with Gasteiger partial charge < -0.3 is 9.47 Å². The van der Waals surface area contributed by atoms with E-state index in [0.717, 1.165) is 0 Å². The Bertz CT molecular complexity index is 873. The Balaban J connectivity index is 0.000000128. The Labute approximate surface area is 177 Å². The van der Waals surface area contributed by atoms with Gasteiger partial charge in [-0.25, -0.2) is 0 Å². The van der Waals surface area contributed by atoms with E-state index in [9.17, 15) is 0 Å². The van der Waals surface area contributed by atoms with Crippen LogP contribution in [0.5, 0.6) is 0 Å². The molecule has 30 heavy (non-hydrogen) atoms. The highest BCUT2D eigenvalue weighted by Crippen LogP contribution is 2.51. The molecular weight excluding hydrogens is 368 g/mol. The molecule has 0 N–H and O–H groups in total. The molecule has 2 fully saturated rings. The van der Waals surface area contributed by atoms with Crippen molar-refractivity contribution in [3.05, 3.63) is 144 Å². The summed E-state index contributed by atoms with van der Waals surface area (Å²) in [6.07, 6.45) is 1.03. The van der Waals surface area contributed by atoms with Gasteiger partial charge in [0.15, 0.2) is 0 Å². The quantitative estimate of drug-likeness (QED) is 0.349. The van der Waals surface area contributed by atoms with Gasteiger partial charge in [-0.1, -0.05) is 121 Å². The fraction of sp³-hybridized carbons (Fsp3) is 0.143. The maximum Gasteiger partial charge on any atom is 0.114 e. The second-order valence-corrected chi connectivity index (χ2v) is 7.60. The van der Waals surface area contributed by atoms with Crippen LogP contribution in [0, 0.1) is 0 Å². The Hall–Kier alpha value is -3.20. The van der Waals surface area contributed by atoms with Crippen LogP contribution in [0.1, 0.15) is 46.7 Å². The fourth-order valence-electron chi connectivity index (χ4n) is 3.81. The lowest BCUT2D eigenvalue weighted by Gasteiger charge is -1.95. The number of hydrogen-bond acceptors (Lipinski definition) is 2. The molecule has 6 rings (SSSR count). The van der Waals surface area contributed by atoms with Crippen molar-refractivity contribution >= 4 is 0 Å². The van der Waals surface area contributed by atoms with E-state index < -0.39 is 0 Å². The minimum absolute atomic E-state index is 0.258. The summed E-state index contributed by atoms with van der Waals surface area (Å²) < 4.78 is 11.4. The van der Waals surface area contributed by atoms with E-state index in [1.165, 1.54) is 22.3 Å². The number of benzene rings is 4. The van der Waals surface area contributed by atoms with Gasteiger partial charge in [-0.3, -0.25) is 0 Å². The van der Waals surface area contributed by atoms with Crippen LogP contribution < -0.4 is 0 Å². The summed E-state index contributed by atoms with van der Waals surface area (Å²) in [5, 5.41) is 0. The minimum Gasteiger partial charge on any atom is -0.359 e. The molecule has 2 aliphatic heterocycles. The van der Waals surface area contributed by atoms with Crippen molar-refractivity contribution in [3.63, 3.8) is 0 Å². The minimum atomic E-state index is 0.258. The molecule has 2 heteroatoms. The van der Waals surface area contributed by atoms with Crippen molar-refractivity contribution in [3.8, 4) is 0 Å². The average molecular weight is 392 g/mol. The first-order chi connectivity index (χ1) is 14.9. The van der Waals surface area contributed by atoms with Crippen LogP contribution >= 0.6 is 0 Å². The first-order valence-corrected chi connectivity index (χ1v) is 10.4. The molecule has 0 aromatic heterocycles. The monoisotopic (exact) mass is 392 g/mol. The number of hydrogen-bond donors (Lipinski definition) is 0. The van der Waals surface area contributed by atoms with Gasteiger partial charge in [0.1, 0.15) is 24.4 Å². The zero-order chi connectivity index (χ0) is 20.2. The van der Waals surface area contributed by atoms with E-state index in [1.54, 1.807) is 0 Å². The van der Waals surface area contributed by atoms with Crippen molar-refractivity contribution in [2.24, 2.45) is 0 Å². The molecule has 2 aliphatic rings. The topological polar surface area (TPSA) is 25.1 Å². The molecule has 2 heterocycles. The molecule has 0 unspecified atom stereocenters. The van der Waals surface area contributed by atoms with Crippen LogP contribution in [-0.4, -0.2) is 0 Å². The molecule has 0 aliphatic carbocycles. The highest BCUT2D eigenvalue weighted by molar-refractivity contribution is 5.30. The van der Waals surface area contributed by atoms with Gasteiger partial charge in [-0.05, 0) is 22.3 Å². The Morgan fingerprint density at radius 2 is 0.500 bits per heavy atom. The number of epoxide rings is 2. The number of ether oxygens (including phenoxy) is 2. The highest BCUT2D eigenvalue weighted by atomic mass is 16.6. The smallest absolute Gasteiger partial charge is 0.114 e. The highest BCUT2D eigenvalue weighted by Gasteiger charge is 2.41. The Kier molecular flexibility index (Phi) is 5.43. The molecule has 148 valence electrons. The van der Waals surface area contributed by atoms with Gasteiger partial charge in [0.2, 0.25) is 0 Å². The van der Waals surface area contributed by atoms with Crippen LogP contribution in [0.15, 0.2) is 121 Å². The molecule has 0 amide bonds. The van der Waals surface area contributed by atoms with Gasteiger partial charge in [-0.2, -0.15) is 0 Å². The van der Waals surface area contributed by atoms with Crippen LogP contribution in [0.3, 0.4) is 0 Å². The van der Waals surface area contributed by atoms with Crippen LogP contribution in [0.4, 0.5) is 0 Å². The molecule has 2 saturated heterocycles. The molecule has 4 aromatic carbocycles. The predicted molar refractivity (Wildman–Crippen MR) is 119 cm³/mol. The zero-order valence-electron chi connectivity index (χ0n) is 16.7. The Morgan fingerprint density at radius 3 is 0.700 bits per heavy atom. The lowest BCUT2D eigenvalue weighted by molar-refractivity contribution is 0.377. The Morgan fingerprint density at radius 1 is 0.300 bits per heavy atom. The molecule has 0 bridgehead atoms. The SMILES string of the molecule is c1ccc([C@@H]2O[C@H]2c2ccccc2)cc1.c1ccc([C@H]2O[C@@H]2c2ccccc2)cc1. The second-order valence-electron chi connectivity index (χ2n) is 7.60. The molecule has 2 nitrogen and oxygen atoms in total. The standard InChI is InChI=1S/2C14H12O/c2*1-3-7-11(8-4-1)13-14(15-13)12-9-5-2-6-10-12/h2*1-10,13-14H/t2*13-,14-/m10/s1. The van der Waals surface area contributed by atoms with Gasteiger partial charge in [-0.15, -0.1) is 0 Å². The first-order valence-electron chi connectivity index (χ1n) is 10.4. The summed E-state index contributed by atoms with van der Waals surface area (Å²) in [4.78, 5) is 0. The summed E-state index contributed by atoms with van der Waals surface area (Å²) in [6.45, 7) is 0. The maximum atomic E-state index is 5.69. The van der Waals surface area contributed by atoms with E-state index in [-0.39, 0.29) is 24.4 Å². The normalized spacial score (nSPS) is 23.7. The summed E-state index contributed by atoms with van der Waals surface area (Å²) in [7, 11) is 0. The maximum absolute atomic E-state index is 5.69. The van der Waals surface area contributed by atoms with E-state index in [4.69, 9.17) is 9.47 Å². The second kappa shape index (κ2) is 8.66. The lowest BCUT2D eigenvalue weighted by Crippen LogP contribution is -1.82. The largest absolute Gasteiger partial charge is 0.359 e. The molecule has 4 aromatic rings. The van der Waals surface area contributed by atoms with Crippen LogP contribution in [-0.2, 0) is 9.47 Å². The fourth-order valence-corrected chi connectivity index (χ4v) is 3.81. The van der Waals surface area contributed by atoms with Gasteiger partial charge >= 0.3 is 0 Å². The predicted octanol–water partition coefficient (Wildman–Crippen LogP) is 7.00. The first kappa shape index (κ1) is 18.8. The third kappa shape index (κ3) is 4.35. The van der Waals surface area contributed by atoms with E-state index >= 15 is 0 Å². The van der Waals surface area contributed by atoms with Crippen molar-refractivity contribution in [2.45, 2.75) is 24.4 Å². The number of rotatable bonds is 4. The van der Waals surface area contributed by atoms with E-state index in [2.05, 4.69) is 97.1 Å². The summed E-state index contributed by atoms with van der Waals surface area (Å²) in [5.74, 6) is 0. The lowest BCUT2D eigenvalue weighted by atomic mass is 10.0. The molecule has 0 saturated carbocycles. The third-order valence-corrected chi connectivity index (χ3v) is 5.50. The van der Waals surface area contributed by atoms with Gasteiger partial charge in [0.25, 0.3) is 0 Å². The van der Waals surface area contributed by atoms with E-state index in [0.29, 0.717) is 0 Å². The summed E-state index contributed by atoms with van der Waals surface area (Å²) >= 11 is 0. The zero-order valence-corrected chi connectivity index (χ0v) is 16.7. The van der Waals surface area contributed by atoms with Gasteiger partial charge in [0, 0.05) is 0 Å².